The molecule has 2 aliphatic rings. The van der Waals surface area contributed by atoms with Crippen LogP contribution in [-0.4, -0.2) is 75.7 Å². The summed E-state index contributed by atoms with van der Waals surface area (Å²) in [5, 5.41) is 4.06. The molecule has 0 N–H and O–H groups in total. The van der Waals surface area contributed by atoms with Gasteiger partial charge < -0.3 is 9.64 Å². The maximum atomic E-state index is 13.2. The third-order valence-electron chi connectivity index (χ3n) is 5.41. The minimum Gasteiger partial charge on any atom is -0.379 e. The number of carbonyl (C=O) groups excluding carboxylic acids is 2. The molecule has 2 fully saturated rings. The van der Waals surface area contributed by atoms with Gasteiger partial charge in [-0.25, -0.2) is 0 Å². The second-order valence-electron chi connectivity index (χ2n) is 7.48. The summed E-state index contributed by atoms with van der Waals surface area (Å²) in [7, 11) is 1.80. The minimum absolute atomic E-state index is 0.0134. The normalized spacial score (nSPS) is 22.4. The van der Waals surface area contributed by atoms with E-state index in [9.17, 15) is 9.59 Å². The molecule has 1 unspecified atom stereocenters. The summed E-state index contributed by atoms with van der Waals surface area (Å²) in [6, 6.07) is -0.0134. The predicted octanol–water partition coefficient (Wildman–Crippen LogP) is 1.09. The van der Waals surface area contributed by atoms with Gasteiger partial charge in [0.15, 0.2) is 5.78 Å². The van der Waals surface area contributed by atoms with Crippen LogP contribution >= 0.6 is 0 Å². The summed E-state index contributed by atoms with van der Waals surface area (Å²) < 4.78 is 7.04. The van der Waals surface area contributed by atoms with Crippen LogP contribution in [0.15, 0.2) is 12.4 Å². The molecule has 1 aromatic rings. The molecule has 1 aromatic heterocycles. The molecular weight excluding hydrogens is 320 g/mol. The SMILES string of the molecule is Cn1cc(C(=O)CC2CCCN2C(=O)C(C)(C)N2CCOCC2)cn1. The molecule has 0 saturated carbocycles. The van der Waals surface area contributed by atoms with Gasteiger partial charge in [-0.1, -0.05) is 0 Å². The lowest BCUT2D eigenvalue weighted by Gasteiger charge is -2.42. The fourth-order valence-electron chi connectivity index (χ4n) is 3.82. The van der Waals surface area contributed by atoms with Gasteiger partial charge in [0.1, 0.15) is 0 Å². The van der Waals surface area contributed by atoms with Crippen LogP contribution in [0.4, 0.5) is 0 Å². The van der Waals surface area contributed by atoms with Crippen molar-refractivity contribution in [3.8, 4) is 0 Å². The van der Waals surface area contributed by atoms with E-state index < -0.39 is 5.54 Å². The van der Waals surface area contributed by atoms with E-state index in [0.717, 1.165) is 32.5 Å². The number of ether oxygens (including phenoxy) is 1. The quantitative estimate of drug-likeness (QED) is 0.745. The number of aromatic nitrogens is 2. The number of likely N-dealkylation sites (tertiary alicyclic amines) is 1. The fourth-order valence-corrected chi connectivity index (χ4v) is 3.82. The van der Waals surface area contributed by atoms with Crippen molar-refractivity contribution >= 4 is 11.7 Å². The Bertz CT molecular complexity index is 634. The van der Waals surface area contributed by atoms with Gasteiger partial charge in [-0.3, -0.25) is 19.2 Å². The van der Waals surface area contributed by atoms with Crippen LogP contribution in [0.1, 0.15) is 43.5 Å². The highest BCUT2D eigenvalue weighted by atomic mass is 16.5. The summed E-state index contributed by atoms with van der Waals surface area (Å²) >= 11 is 0. The largest absolute Gasteiger partial charge is 0.379 e. The first kappa shape index (κ1) is 18.1. The van der Waals surface area contributed by atoms with Crippen LogP contribution in [0.2, 0.25) is 0 Å². The van der Waals surface area contributed by atoms with Gasteiger partial charge in [0.05, 0.1) is 30.5 Å². The summed E-state index contributed by atoms with van der Waals surface area (Å²) in [5.41, 5.74) is 0.0539. The highest BCUT2D eigenvalue weighted by molar-refractivity contribution is 5.96. The molecule has 138 valence electrons. The van der Waals surface area contributed by atoms with Crippen LogP contribution in [0.5, 0.6) is 0 Å². The molecule has 3 rings (SSSR count). The molecule has 0 bridgehead atoms. The minimum atomic E-state index is -0.566. The highest BCUT2D eigenvalue weighted by Gasteiger charge is 2.42. The first-order valence-corrected chi connectivity index (χ1v) is 9.05. The van der Waals surface area contributed by atoms with Gasteiger partial charge in [-0.15, -0.1) is 0 Å². The Balaban J connectivity index is 1.67. The lowest BCUT2D eigenvalue weighted by Crippen LogP contribution is -2.59. The summed E-state index contributed by atoms with van der Waals surface area (Å²) in [6.07, 6.45) is 5.55. The first-order chi connectivity index (χ1) is 11.9. The van der Waals surface area contributed by atoms with Crippen molar-refractivity contribution in [2.45, 2.75) is 44.7 Å². The molecule has 7 heteroatoms. The Morgan fingerprint density at radius 1 is 1.28 bits per heavy atom. The number of carbonyl (C=O) groups is 2. The highest BCUT2D eigenvalue weighted by Crippen LogP contribution is 2.27. The maximum Gasteiger partial charge on any atom is 0.242 e. The van der Waals surface area contributed by atoms with E-state index >= 15 is 0 Å². The molecular formula is C18H28N4O3. The first-order valence-electron chi connectivity index (χ1n) is 9.05. The molecule has 7 nitrogen and oxygen atoms in total. The third kappa shape index (κ3) is 3.77. The number of Topliss-reactive ketones (excluding diaryl/α,β-unsaturated/α-hetero) is 1. The second kappa shape index (κ2) is 7.25. The average molecular weight is 348 g/mol. The number of morpholine rings is 1. The monoisotopic (exact) mass is 348 g/mol. The van der Waals surface area contributed by atoms with E-state index in [1.807, 2.05) is 18.7 Å². The molecule has 1 atom stereocenters. The van der Waals surface area contributed by atoms with Gasteiger partial charge in [-0.2, -0.15) is 5.10 Å². The van der Waals surface area contributed by atoms with Crippen molar-refractivity contribution in [1.29, 1.82) is 0 Å². The van der Waals surface area contributed by atoms with E-state index in [4.69, 9.17) is 4.74 Å². The standard InChI is InChI=1S/C18H28N4O3/c1-18(2,21-7-9-25-10-8-21)17(24)22-6-4-5-15(22)11-16(23)14-12-19-20(3)13-14/h12-13,15H,4-11H2,1-3H3. The van der Waals surface area contributed by atoms with Crippen LogP contribution in [0.25, 0.3) is 0 Å². The van der Waals surface area contributed by atoms with Crippen LogP contribution < -0.4 is 0 Å². The number of amides is 1. The summed E-state index contributed by atoms with van der Waals surface area (Å²) in [5.74, 6) is 0.179. The lowest BCUT2D eigenvalue weighted by atomic mass is 9.98. The molecule has 1 amide bonds. The van der Waals surface area contributed by atoms with Crippen molar-refractivity contribution in [1.82, 2.24) is 19.6 Å². The molecule has 25 heavy (non-hydrogen) atoms. The van der Waals surface area contributed by atoms with Crippen molar-refractivity contribution in [2.24, 2.45) is 7.05 Å². The molecule has 0 aliphatic carbocycles. The second-order valence-corrected chi connectivity index (χ2v) is 7.48. The van der Waals surface area contributed by atoms with Gasteiger partial charge in [0.2, 0.25) is 5.91 Å². The van der Waals surface area contributed by atoms with Gasteiger partial charge in [0, 0.05) is 45.3 Å². The zero-order chi connectivity index (χ0) is 18.0. The lowest BCUT2D eigenvalue weighted by molar-refractivity contribution is -0.146. The Morgan fingerprint density at radius 2 is 2.00 bits per heavy atom. The molecule has 0 radical (unpaired) electrons. The molecule has 2 saturated heterocycles. The zero-order valence-electron chi connectivity index (χ0n) is 15.4. The smallest absolute Gasteiger partial charge is 0.242 e. The summed E-state index contributed by atoms with van der Waals surface area (Å²) in [6.45, 7) is 7.58. The number of hydrogen-bond acceptors (Lipinski definition) is 5. The van der Waals surface area contributed by atoms with E-state index in [1.165, 1.54) is 0 Å². The zero-order valence-corrected chi connectivity index (χ0v) is 15.4. The topological polar surface area (TPSA) is 67.7 Å². The van der Waals surface area contributed by atoms with Crippen molar-refractivity contribution < 1.29 is 14.3 Å². The molecule has 0 spiro atoms. The number of ketones is 1. The van der Waals surface area contributed by atoms with Gasteiger partial charge in [0.25, 0.3) is 0 Å². The van der Waals surface area contributed by atoms with Crippen molar-refractivity contribution in [2.75, 3.05) is 32.8 Å². The van der Waals surface area contributed by atoms with E-state index in [-0.39, 0.29) is 17.7 Å². The van der Waals surface area contributed by atoms with Crippen LogP contribution in [0, 0.1) is 0 Å². The molecule has 0 aromatic carbocycles. The van der Waals surface area contributed by atoms with E-state index in [0.29, 0.717) is 25.2 Å². The Morgan fingerprint density at radius 3 is 2.64 bits per heavy atom. The molecule has 2 aliphatic heterocycles. The Hall–Kier alpha value is -1.73. The maximum absolute atomic E-state index is 13.2. The van der Waals surface area contributed by atoms with Crippen LogP contribution in [0.3, 0.4) is 0 Å². The number of hydrogen-bond donors (Lipinski definition) is 0. The predicted molar refractivity (Wildman–Crippen MR) is 93.4 cm³/mol. The Kier molecular flexibility index (Phi) is 5.24. The molecule has 3 heterocycles. The number of rotatable bonds is 5. The van der Waals surface area contributed by atoms with Crippen molar-refractivity contribution in [3.63, 3.8) is 0 Å². The number of nitrogens with zero attached hydrogens (tertiary/aromatic N) is 4. The van der Waals surface area contributed by atoms with Gasteiger partial charge in [-0.05, 0) is 26.7 Å². The Labute approximate surface area is 148 Å². The fraction of sp³-hybridized carbons (Fsp3) is 0.722. The van der Waals surface area contributed by atoms with E-state index in [2.05, 4.69) is 10.00 Å². The van der Waals surface area contributed by atoms with E-state index in [1.54, 1.807) is 24.1 Å². The third-order valence-corrected chi connectivity index (χ3v) is 5.41. The van der Waals surface area contributed by atoms with Crippen LogP contribution in [-0.2, 0) is 16.6 Å². The number of aryl methyl sites for hydroxylation is 1. The average Bonchev–Trinajstić information content (AvgIpc) is 3.24. The summed E-state index contributed by atoms with van der Waals surface area (Å²) in [4.78, 5) is 29.8. The van der Waals surface area contributed by atoms with Gasteiger partial charge >= 0.3 is 0 Å². The van der Waals surface area contributed by atoms with Crippen molar-refractivity contribution in [3.05, 3.63) is 18.0 Å².